The van der Waals surface area contributed by atoms with E-state index in [1.165, 1.54) is 17.2 Å². The third-order valence-corrected chi connectivity index (χ3v) is 3.30. The number of benzene rings is 2. The lowest BCUT2D eigenvalue weighted by atomic mass is 10.1. The molecule has 0 aliphatic rings. The summed E-state index contributed by atoms with van der Waals surface area (Å²) in [6, 6.07) is 12.8. The molecule has 2 heteroatoms. The summed E-state index contributed by atoms with van der Waals surface area (Å²) in [6.07, 6.45) is 6.62. The Morgan fingerprint density at radius 2 is 1.43 bits per heavy atom. The van der Waals surface area contributed by atoms with Gasteiger partial charge in [-0.05, 0) is 60.4 Å². The molecule has 0 aliphatic carbocycles. The number of aromatic hydroxyl groups is 1. The largest absolute Gasteiger partial charge is 0.508 e. The first-order valence-corrected chi connectivity index (χ1v) is 6.81. The van der Waals surface area contributed by atoms with Crippen LogP contribution in [0.1, 0.15) is 22.3 Å². The lowest BCUT2D eigenvalue weighted by Gasteiger charge is -2.00. The molecule has 0 saturated heterocycles. The van der Waals surface area contributed by atoms with Crippen LogP contribution in [-0.4, -0.2) is 10.9 Å². The van der Waals surface area contributed by atoms with Gasteiger partial charge in [-0.2, -0.15) is 0 Å². The fourth-order valence-electron chi connectivity index (χ4n) is 1.87. The van der Waals surface area contributed by atoms with Crippen molar-refractivity contribution in [3.63, 3.8) is 0 Å². The predicted molar refractivity (Wildman–Crippen MR) is 87.1 cm³/mol. The Morgan fingerprint density at radius 3 is 2.05 bits per heavy atom. The smallest absolute Gasteiger partial charge is 0.178 e. The number of carbonyl (C=O) groups is 1. The van der Waals surface area contributed by atoms with Crippen LogP contribution in [0.5, 0.6) is 5.75 Å². The second-order valence-electron chi connectivity index (χ2n) is 5.00. The van der Waals surface area contributed by atoms with Crippen LogP contribution < -0.4 is 0 Å². The molecule has 0 bridgehead atoms. The molecule has 2 aromatic rings. The van der Waals surface area contributed by atoms with Gasteiger partial charge in [0.15, 0.2) is 5.78 Å². The summed E-state index contributed by atoms with van der Waals surface area (Å²) in [5, 5.41) is 9.18. The van der Waals surface area contributed by atoms with Crippen molar-refractivity contribution in [3.8, 4) is 5.75 Å². The molecular formula is C19H18O2. The Balaban J connectivity index is 2.02. The van der Waals surface area contributed by atoms with E-state index in [1.807, 2.05) is 18.2 Å². The summed E-state index contributed by atoms with van der Waals surface area (Å²) >= 11 is 0. The minimum absolute atomic E-state index is 0.0682. The van der Waals surface area contributed by atoms with Crippen LogP contribution in [0.25, 0.3) is 12.2 Å². The maximum absolute atomic E-state index is 11.8. The highest BCUT2D eigenvalue weighted by atomic mass is 16.3. The van der Waals surface area contributed by atoms with E-state index in [0.29, 0.717) is 0 Å². The summed E-state index contributed by atoms with van der Waals surface area (Å²) < 4.78 is 0. The van der Waals surface area contributed by atoms with Crippen LogP contribution in [0.2, 0.25) is 0 Å². The molecule has 0 spiro atoms. The van der Waals surface area contributed by atoms with Gasteiger partial charge in [0.05, 0.1) is 0 Å². The molecule has 0 atom stereocenters. The van der Waals surface area contributed by atoms with Gasteiger partial charge in [-0.1, -0.05) is 42.5 Å². The molecule has 2 aromatic carbocycles. The van der Waals surface area contributed by atoms with Gasteiger partial charge in [0.25, 0.3) is 0 Å². The van der Waals surface area contributed by atoms with Crippen molar-refractivity contribution in [2.45, 2.75) is 13.8 Å². The quantitative estimate of drug-likeness (QED) is 0.846. The first kappa shape index (κ1) is 14.8. The number of hydrogen-bond donors (Lipinski definition) is 1. The Labute approximate surface area is 125 Å². The number of hydrogen-bond acceptors (Lipinski definition) is 2. The molecule has 2 rings (SSSR count). The Hall–Kier alpha value is -2.61. The summed E-state index contributed by atoms with van der Waals surface area (Å²) in [5.41, 5.74) is 4.35. The molecule has 0 fully saturated rings. The highest BCUT2D eigenvalue weighted by Gasteiger charge is 1.95. The van der Waals surface area contributed by atoms with Gasteiger partial charge in [0.2, 0.25) is 0 Å². The number of carbonyl (C=O) groups excluding carboxylic acids is 1. The number of ketones is 1. The van der Waals surface area contributed by atoms with Gasteiger partial charge < -0.3 is 5.11 Å². The van der Waals surface area contributed by atoms with Crippen molar-refractivity contribution >= 4 is 17.9 Å². The second kappa shape index (κ2) is 6.71. The highest BCUT2D eigenvalue weighted by molar-refractivity contribution is 6.04. The predicted octanol–water partition coefficient (Wildman–Crippen LogP) is 4.30. The monoisotopic (exact) mass is 278 g/mol. The van der Waals surface area contributed by atoms with E-state index in [1.54, 1.807) is 36.4 Å². The fraction of sp³-hybridized carbons (Fsp3) is 0.105. The second-order valence-corrected chi connectivity index (χ2v) is 5.00. The van der Waals surface area contributed by atoms with Crippen molar-refractivity contribution in [3.05, 3.63) is 76.9 Å². The summed E-state index contributed by atoms with van der Waals surface area (Å²) in [7, 11) is 0. The molecule has 0 saturated carbocycles. The van der Waals surface area contributed by atoms with E-state index in [4.69, 9.17) is 0 Å². The lowest BCUT2D eigenvalue weighted by molar-refractivity contribution is -0.110. The van der Waals surface area contributed by atoms with Crippen molar-refractivity contribution in [1.29, 1.82) is 0 Å². The minimum Gasteiger partial charge on any atom is -0.508 e. The van der Waals surface area contributed by atoms with E-state index in [2.05, 4.69) is 19.9 Å². The van der Waals surface area contributed by atoms with Gasteiger partial charge in [-0.3, -0.25) is 4.79 Å². The van der Waals surface area contributed by atoms with Crippen molar-refractivity contribution in [2.75, 3.05) is 0 Å². The summed E-state index contributed by atoms with van der Waals surface area (Å²) in [6.45, 7) is 4.12. The van der Waals surface area contributed by atoms with Crippen LogP contribution in [0.4, 0.5) is 0 Å². The zero-order valence-corrected chi connectivity index (χ0v) is 12.2. The Kier molecular flexibility index (Phi) is 4.72. The Bertz CT molecular complexity index is 692. The van der Waals surface area contributed by atoms with Gasteiger partial charge in [0, 0.05) is 0 Å². The van der Waals surface area contributed by atoms with Crippen LogP contribution in [-0.2, 0) is 4.79 Å². The molecule has 1 N–H and O–H groups in total. The number of rotatable bonds is 4. The van der Waals surface area contributed by atoms with Crippen molar-refractivity contribution in [2.24, 2.45) is 0 Å². The molecule has 0 aromatic heterocycles. The summed E-state index contributed by atoms with van der Waals surface area (Å²) in [4.78, 5) is 11.8. The third kappa shape index (κ3) is 4.46. The molecular weight excluding hydrogens is 260 g/mol. The number of phenolic OH excluding ortho intramolecular Hbond substituents is 1. The first-order chi connectivity index (χ1) is 10.0. The van der Waals surface area contributed by atoms with E-state index in [0.717, 1.165) is 11.1 Å². The van der Waals surface area contributed by atoms with E-state index in [9.17, 15) is 9.90 Å². The van der Waals surface area contributed by atoms with E-state index >= 15 is 0 Å². The molecule has 21 heavy (non-hydrogen) atoms. The van der Waals surface area contributed by atoms with Crippen LogP contribution in [0.3, 0.4) is 0 Å². The van der Waals surface area contributed by atoms with Crippen molar-refractivity contribution < 1.29 is 9.90 Å². The standard InChI is InChI=1S/C19H18O2/c1-14-3-4-17(13-15(14)2)8-12-19(21)11-7-16-5-9-18(20)10-6-16/h3-13,20H,1-2H3. The normalized spacial score (nSPS) is 11.3. The van der Waals surface area contributed by atoms with Gasteiger partial charge >= 0.3 is 0 Å². The lowest BCUT2D eigenvalue weighted by Crippen LogP contribution is -1.86. The van der Waals surface area contributed by atoms with Crippen LogP contribution >= 0.6 is 0 Å². The first-order valence-electron chi connectivity index (χ1n) is 6.81. The number of allylic oxidation sites excluding steroid dienone is 2. The minimum atomic E-state index is -0.0682. The average Bonchev–Trinajstić information content (AvgIpc) is 2.48. The van der Waals surface area contributed by atoms with Crippen LogP contribution in [0.15, 0.2) is 54.6 Å². The zero-order valence-electron chi connectivity index (χ0n) is 12.2. The van der Waals surface area contributed by atoms with E-state index < -0.39 is 0 Å². The fourth-order valence-corrected chi connectivity index (χ4v) is 1.87. The molecule has 106 valence electrons. The summed E-state index contributed by atoms with van der Waals surface area (Å²) in [5.74, 6) is 0.148. The molecule has 0 unspecified atom stereocenters. The number of phenols is 1. The third-order valence-electron chi connectivity index (χ3n) is 3.30. The zero-order chi connectivity index (χ0) is 15.2. The highest BCUT2D eigenvalue weighted by Crippen LogP contribution is 2.12. The van der Waals surface area contributed by atoms with E-state index in [-0.39, 0.29) is 11.5 Å². The number of aryl methyl sites for hydroxylation is 2. The maximum Gasteiger partial charge on any atom is 0.178 e. The average molecular weight is 278 g/mol. The topological polar surface area (TPSA) is 37.3 Å². The Morgan fingerprint density at radius 1 is 0.857 bits per heavy atom. The molecule has 2 nitrogen and oxygen atoms in total. The van der Waals surface area contributed by atoms with Crippen molar-refractivity contribution in [1.82, 2.24) is 0 Å². The molecule has 0 aliphatic heterocycles. The maximum atomic E-state index is 11.8. The SMILES string of the molecule is Cc1ccc(C=CC(=O)C=Cc2ccc(O)cc2)cc1C. The van der Waals surface area contributed by atoms with Gasteiger partial charge in [-0.25, -0.2) is 0 Å². The van der Waals surface area contributed by atoms with Crippen LogP contribution in [0, 0.1) is 13.8 Å². The van der Waals surface area contributed by atoms with Gasteiger partial charge in [0.1, 0.15) is 5.75 Å². The van der Waals surface area contributed by atoms with Gasteiger partial charge in [-0.15, -0.1) is 0 Å². The molecule has 0 amide bonds. The molecule has 0 radical (unpaired) electrons. The molecule has 0 heterocycles.